The van der Waals surface area contributed by atoms with Crippen LogP contribution in [0.5, 0.6) is 0 Å². The van der Waals surface area contributed by atoms with Crippen LogP contribution in [-0.2, 0) is 5.41 Å². The Labute approximate surface area is 375 Å². The van der Waals surface area contributed by atoms with Crippen LogP contribution in [0.4, 0.5) is 0 Å². The van der Waals surface area contributed by atoms with Gasteiger partial charge in [-0.15, -0.1) is 0 Å². The van der Waals surface area contributed by atoms with E-state index in [2.05, 4.69) is 180 Å². The molecule has 4 nitrogen and oxygen atoms in total. The van der Waals surface area contributed by atoms with Gasteiger partial charge in [0.2, 0.25) is 0 Å². The molecule has 0 radical (unpaired) electrons. The highest BCUT2D eigenvalue weighted by Gasteiger charge is 2.50. The molecule has 7 aromatic carbocycles. The highest BCUT2D eigenvalue weighted by Crippen LogP contribution is 2.63. The maximum atomic E-state index is 5.46. The number of pyridine rings is 4. The molecular weight excluding hydrogens is 797 g/mol. The monoisotopic (exact) mass is 832 g/mol. The first kappa shape index (κ1) is 36.6. The van der Waals surface area contributed by atoms with E-state index in [1.54, 1.807) is 0 Å². The second-order valence-electron chi connectivity index (χ2n) is 16.5. The Morgan fingerprint density at radius 1 is 0.359 bits per heavy atom. The van der Waals surface area contributed by atoms with Crippen molar-refractivity contribution < 1.29 is 0 Å². The van der Waals surface area contributed by atoms with Crippen molar-refractivity contribution in [2.24, 2.45) is 0 Å². The molecule has 4 aromatic heterocycles. The Hall–Kier alpha value is -7.99. The molecule has 0 saturated carbocycles. The van der Waals surface area contributed by atoms with Gasteiger partial charge in [0.05, 0.1) is 39.4 Å². The van der Waals surface area contributed by atoms with Crippen molar-refractivity contribution in [3.63, 3.8) is 0 Å². The van der Waals surface area contributed by atoms with Crippen LogP contribution in [0.15, 0.2) is 228 Å². The SMILES string of the molecule is c1ccc(-c2nc3ccc(-c4ccc(-c5cc(-c6ccccn6)nc(-c6ccccn6)c5)cc4)cc3c3c4c(ccc23)C2(c3ccccc3S4)c3ccccc3-c3ccccc32)cc1. The molecule has 0 atom stereocenters. The minimum Gasteiger partial charge on any atom is -0.255 e. The second kappa shape index (κ2) is 14.6. The fraction of sp³-hybridized carbons (Fsp3) is 0.0169. The Balaban J connectivity index is 1.02. The zero-order valence-corrected chi connectivity index (χ0v) is 35.3. The fourth-order valence-electron chi connectivity index (χ4n) is 10.2. The molecule has 0 amide bonds. The van der Waals surface area contributed by atoms with Gasteiger partial charge in [-0.05, 0) is 110 Å². The van der Waals surface area contributed by atoms with Crippen LogP contribution in [0, 0.1) is 0 Å². The lowest BCUT2D eigenvalue weighted by Crippen LogP contribution is -2.32. The Morgan fingerprint density at radius 2 is 0.938 bits per heavy atom. The molecule has 0 saturated heterocycles. The van der Waals surface area contributed by atoms with Crippen LogP contribution in [-0.4, -0.2) is 19.9 Å². The van der Waals surface area contributed by atoms with Gasteiger partial charge in [0.15, 0.2) is 0 Å². The van der Waals surface area contributed by atoms with Crippen molar-refractivity contribution in [2.75, 3.05) is 0 Å². The molecule has 11 aromatic rings. The summed E-state index contributed by atoms with van der Waals surface area (Å²) in [5, 5.41) is 3.53. The molecule has 5 heteroatoms. The molecule has 1 spiro atoms. The van der Waals surface area contributed by atoms with Crippen LogP contribution in [0.1, 0.15) is 22.3 Å². The standard InChI is InChI=1S/C59H36N4S/c1-2-14-39(15-3-1)57-44-29-30-49-58(64-55-23-9-8-20-48(55)59(49)46-18-6-4-16-42(46)43-17-5-7-19-47(43)59)56(44)45-34-40(28-31-50(45)63-57)37-24-26-38(27-25-37)41-35-53(51-21-10-12-32-60-51)62-54(36-41)52-22-11-13-33-61-52/h1-36H. The van der Waals surface area contributed by atoms with Gasteiger partial charge in [-0.1, -0.05) is 163 Å². The van der Waals surface area contributed by atoms with Gasteiger partial charge in [-0.3, -0.25) is 9.97 Å². The maximum Gasteiger partial charge on any atom is 0.0900 e. The summed E-state index contributed by atoms with van der Waals surface area (Å²) in [6.07, 6.45) is 3.61. The van der Waals surface area contributed by atoms with E-state index in [0.717, 1.165) is 72.6 Å². The molecular formula is C59H36N4S. The minimum absolute atomic E-state index is 0.478. The largest absolute Gasteiger partial charge is 0.255 e. The average Bonchev–Trinajstić information content (AvgIpc) is 3.67. The minimum atomic E-state index is -0.478. The van der Waals surface area contributed by atoms with Gasteiger partial charge < -0.3 is 0 Å². The summed E-state index contributed by atoms with van der Waals surface area (Å²) in [5.41, 5.74) is 18.2. The van der Waals surface area contributed by atoms with Crippen LogP contribution >= 0.6 is 11.8 Å². The molecule has 5 heterocycles. The zero-order valence-electron chi connectivity index (χ0n) is 34.5. The lowest BCUT2D eigenvalue weighted by Gasteiger charge is -2.40. The maximum absolute atomic E-state index is 5.46. The summed E-state index contributed by atoms with van der Waals surface area (Å²) in [5.74, 6) is 0. The van der Waals surface area contributed by atoms with Crippen molar-refractivity contribution in [3.8, 4) is 67.4 Å². The quantitative estimate of drug-likeness (QED) is 0.162. The third-order valence-electron chi connectivity index (χ3n) is 13.0. The molecule has 1 aliphatic carbocycles. The number of fused-ring (bicyclic) bond motifs is 13. The third-order valence-corrected chi connectivity index (χ3v) is 14.3. The lowest BCUT2D eigenvalue weighted by molar-refractivity contribution is 0.726. The smallest absolute Gasteiger partial charge is 0.0900 e. The molecule has 298 valence electrons. The molecule has 1 aliphatic heterocycles. The molecule has 0 fully saturated rings. The summed E-state index contributed by atoms with van der Waals surface area (Å²) >= 11 is 1.90. The van der Waals surface area contributed by atoms with Gasteiger partial charge in [0.25, 0.3) is 0 Å². The van der Waals surface area contributed by atoms with Crippen molar-refractivity contribution >= 4 is 33.4 Å². The summed E-state index contributed by atoms with van der Waals surface area (Å²) in [6, 6.07) is 74.2. The van der Waals surface area contributed by atoms with Gasteiger partial charge >= 0.3 is 0 Å². The number of nitrogens with zero attached hydrogens (tertiary/aromatic N) is 4. The van der Waals surface area contributed by atoms with Crippen LogP contribution in [0.3, 0.4) is 0 Å². The first-order chi connectivity index (χ1) is 31.7. The Morgan fingerprint density at radius 3 is 1.59 bits per heavy atom. The van der Waals surface area contributed by atoms with Crippen LogP contribution in [0.2, 0.25) is 0 Å². The highest BCUT2D eigenvalue weighted by atomic mass is 32.2. The van der Waals surface area contributed by atoms with E-state index in [1.165, 1.54) is 48.6 Å². The number of hydrogen-bond donors (Lipinski definition) is 0. The molecule has 0 unspecified atom stereocenters. The van der Waals surface area contributed by atoms with E-state index in [9.17, 15) is 0 Å². The van der Waals surface area contributed by atoms with Gasteiger partial charge in [-0.2, -0.15) is 0 Å². The molecule has 64 heavy (non-hydrogen) atoms. The normalized spacial score (nSPS) is 13.1. The summed E-state index contributed by atoms with van der Waals surface area (Å²) in [4.78, 5) is 22.3. The summed E-state index contributed by atoms with van der Waals surface area (Å²) in [7, 11) is 0. The van der Waals surface area contributed by atoms with Crippen molar-refractivity contribution in [1.29, 1.82) is 0 Å². The topological polar surface area (TPSA) is 51.6 Å². The number of rotatable bonds is 5. The van der Waals surface area contributed by atoms with E-state index in [4.69, 9.17) is 9.97 Å². The van der Waals surface area contributed by atoms with Gasteiger partial charge in [-0.25, -0.2) is 9.97 Å². The first-order valence-corrected chi connectivity index (χ1v) is 22.4. The Bertz CT molecular complexity index is 3520. The number of benzene rings is 7. The fourth-order valence-corrected chi connectivity index (χ4v) is 11.6. The van der Waals surface area contributed by atoms with E-state index in [1.807, 2.05) is 60.6 Å². The van der Waals surface area contributed by atoms with E-state index in [-0.39, 0.29) is 0 Å². The van der Waals surface area contributed by atoms with E-state index < -0.39 is 5.41 Å². The van der Waals surface area contributed by atoms with E-state index in [0.29, 0.717) is 0 Å². The molecule has 0 N–H and O–H groups in total. The molecule has 13 rings (SSSR count). The zero-order chi connectivity index (χ0) is 42.2. The first-order valence-electron chi connectivity index (χ1n) is 21.6. The number of hydrogen-bond acceptors (Lipinski definition) is 5. The number of aromatic nitrogens is 4. The highest BCUT2D eigenvalue weighted by molar-refractivity contribution is 7.99. The van der Waals surface area contributed by atoms with Crippen molar-refractivity contribution in [2.45, 2.75) is 15.2 Å². The summed E-state index contributed by atoms with van der Waals surface area (Å²) < 4.78 is 0. The van der Waals surface area contributed by atoms with Gasteiger partial charge in [0, 0.05) is 43.9 Å². The van der Waals surface area contributed by atoms with Crippen LogP contribution < -0.4 is 0 Å². The van der Waals surface area contributed by atoms with Crippen molar-refractivity contribution in [1.82, 2.24) is 19.9 Å². The third kappa shape index (κ3) is 5.57. The lowest BCUT2D eigenvalue weighted by atomic mass is 9.67. The Kier molecular flexibility index (Phi) is 8.33. The van der Waals surface area contributed by atoms with Gasteiger partial charge in [0.1, 0.15) is 0 Å². The average molecular weight is 833 g/mol. The second-order valence-corrected chi connectivity index (χ2v) is 17.5. The molecule has 2 aliphatic rings. The molecule has 0 bridgehead atoms. The predicted octanol–water partition coefficient (Wildman–Crippen LogP) is 14.7. The van der Waals surface area contributed by atoms with Crippen molar-refractivity contribution in [3.05, 3.63) is 241 Å². The summed E-state index contributed by atoms with van der Waals surface area (Å²) in [6.45, 7) is 0. The van der Waals surface area contributed by atoms with E-state index >= 15 is 0 Å². The van der Waals surface area contributed by atoms with Crippen LogP contribution in [0.25, 0.3) is 89.1 Å². The predicted molar refractivity (Wildman–Crippen MR) is 261 cm³/mol.